The smallest absolute Gasteiger partial charge is 0.292 e. The summed E-state index contributed by atoms with van der Waals surface area (Å²) in [4.78, 5) is 22.8. The van der Waals surface area contributed by atoms with Gasteiger partial charge in [0.05, 0.1) is 4.92 Å². The Labute approximate surface area is 133 Å². The number of nitrogens with zero attached hydrogens (tertiary/aromatic N) is 1. The zero-order valence-corrected chi connectivity index (χ0v) is 12.6. The number of benzene rings is 2. The Morgan fingerprint density at radius 1 is 1.30 bits per heavy atom. The number of hydrogen-bond donors (Lipinski definition) is 1. The quantitative estimate of drug-likeness (QED) is 0.697. The zero-order valence-electron chi connectivity index (χ0n) is 12.6. The highest BCUT2D eigenvalue weighted by Gasteiger charge is 2.27. The third kappa shape index (κ3) is 3.15. The summed E-state index contributed by atoms with van der Waals surface area (Å²) >= 11 is 0. The van der Waals surface area contributed by atoms with Crippen molar-refractivity contribution in [3.8, 4) is 5.75 Å². The van der Waals surface area contributed by atoms with E-state index in [1.54, 1.807) is 12.1 Å². The van der Waals surface area contributed by atoms with Crippen LogP contribution in [0.15, 0.2) is 42.5 Å². The highest BCUT2D eigenvalue weighted by molar-refractivity contribution is 5.96. The Morgan fingerprint density at radius 2 is 2.09 bits per heavy atom. The van der Waals surface area contributed by atoms with Crippen LogP contribution in [-0.2, 0) is 11.2 Å². The zero-order chi connectivity index (χ0) is 16.4. The number of ether oxygens (including phenoxy) is 1. The molecule has 0 aliphatic carbocycles. The van der Waals surface area contributed by atoms with Crippen LogP contribution in [0, 0.1) is 17.0 Å². The molecule has 1 aliphatic rings. The lowest BCUT2D eigenvalue weighted by molar-refractivity contribution is -0.383. The predicted octanol–water partition coefficient (Wildman–Crippen LogP) is 3.24. The molecule has 0 saturated heterocycles. The number of aryl methyl sites for hydroxylation is 2. The van der Waals surface area contributed by atoms with Crippen molar-refractivity contribution in [1.29, 1.82) is 0 Å². The first-order valence-corrected chi connectivity index (χ1v) is 7.35. The number of nitro benzene ring substituents is 1. The summed E-state index contributed by atoms with van der Waals surface area (Å²) in [5.74, 6) is 0.329. The summed E-state index contributed by atoms with van der Waals surface area (Å²) in [5, 5.41) is 13.6. The second-order valence-corrected chi connectivity index (χ2v) is 5.52. The molecule has 118 valence electrons. The fourth-order valence-corrected chi connectivity index (χ4v) is 2.65. The first-order chi connectivity index (χ1) is 11.0. The molecule has 6 nitrogen and oxygen atoms in total. The van der Waals surface area contributed by atoms with Crippen molar-refractivity contribution in [3.05, 3.63) is 63.7 Å². The highest BCUT2D eigenvalue weighted by Crippen LogP contribution is 2.30. The van der Waals surface area contributed by atoms with Crippen molar-refractivity contribution in [3.63, 3.8) is 0 Å². The van der Waals surface area contributed by atoms with E-state index in [1.807, 2.05) is 25.1 Å². The summed E-state index contributed by atoms with van der Waals surface area (Å²) in [6.07, 6.45) is 0.638. The Balaban J connectivity index is 1.75. The van der Waals surface area contributed by atoms with Gasteiger partial charge in [-0.15, -0.1) is 0 Å². The second-order valence-electron chi connectivity index (χ2n) is 5.52. The van der Waals surface area contributed by atoms with Crippen molar-refractivity contribution in [2.75, 3.05) is 5.32 Å². The molecule has 1 aliphatic heterocycles. The predicted molar refractivity (Wildman–Crippen MR) is 85.6 cm³/mol. The van der Waals surface area contributed by atoms with Gasteiger partial charge in [-0.3, -0.25) is 14.9 Å². The Kier molecular flexibility index (Phi) is 3.97. The fourth-order valence-electron chi connectivity index (χ4n) is 2.65. The number of hydrogen-bond acceptors (Lipinski definition) is 4. The van der Waals surface area contributed by atoms with E-state index in [0.29, 0.717) is 12.2 Å². The molecule has 0 fully saturated rings. The van der Waals surface area contributed by atoms with Crippen LogP contribution in [-0.4, -0.2) is 16.9 Å². The van der Waals surface area contributed by atoms with Crippen molar-refractivity contribution in [2.24, 2.45) is 0 Å². The van der Waals surface area contributed by atoms with Crippen LogP contribution >= 0.6 is 0 Å². The second kappa shape index (κ2) is 6.08. The van der Waals surface area contributed by atoms with Crippen LogP contribution in [0.4, 0.5) is 11.4 Å². The number of nitro groups is 1. The largest absolute Gasteiger partial charge is 0.480 e. The standard InChI is InChI=1S/C17H16N2O4/c1-11-6-8-15-12(10-11)7-9-16(23-15)17(20)18-13-4-2-3-5-14(13)19(21)22/h2-6,8,10,16H,7,9H2,1H3,(H,18,20). The molecular formula is C17H16N2O4. The van der Waals surface area contributed by atoms with Gasteiger partial charge in [-0.1, -0.05) is 29.8 Å². The Bertz CT molecular complexity index is 773. The van der Waals surface area contributed by atoms with Crippen molar-refractivity contribution >= 4 is 17.3 Å². The number of amides is 1. The summed E-state index contributed by atoms with van der Waals surface area (Å²) in [6.45, 7) is 2.01. The average molecular weight is 312 g/mol. The minimum atomic E-state index is -0.648. The maximum atomic E-state index is 12.4. The maximum Gasteiger partial charge on any atom is 0.292 e. The Morgan fingerprint density at radius 3 is 2.87 bits per heavy atom. The van der Waals surface area contributed by atoms with Gasteiger partial charge in [0.15, 0.2) is 6.10 Å². The summed E-state index contributed by atoms with van der Waals surface area (Å²) in [6, 6.07) is 11.9. The van der Waals surface area contributed by atoms with Gasteiger partial charge in [0.25, 0.3) is 11.6 Å². The molecule has 0 aromatic heterocycles. The van der Waals surface area contributed by atoms with Gasteiger partial charge in [0, 0.05) is 6.07 Å². The number of rotatable bonds is 3. The number of carbonyl (C=O) groups is 1. The molecule has 1 heterocycles. The molecular weight excluding hydrogens is 296 g/mol. The maximum absolute atomic E-state index is 12.4. The Hall–Kier alpha value is -2.89. The first-order valence-electron chi connectivity index (χ1n) is 7.35. The molecule has 6 heteroatoms. The van der Waals surface area contributed by atoms with E-state index in [-0.39, 0.29) is 17.3 Å². The van der Waals surface area contributed by atoms with Gasteiger partial charge in [0.2, 0.25) is 0 Å². The first kappa shape index (κ1) is 15.0. The molecule has 2 aromatic rings. The van der Waals surface area contributed by atoms with Crippen LogP contribution in [0.25, 0.3) is 0 Å². The van der Waals surface area contributed by atoms with Crippen molar-refractivity contribution in [1.82, 2.24) is 0 Å². The van der Waals surface area contributed by atoms with Crippen LogP contribution in [0.5, 0.6) is 5.75 Å². The summed E-state index contributed by atoms with van der Waals surface area (Å²) < 4.78 is 5.74. The lowest BCUT2D eigenvalue weighted by atomic mass is 10.00. The van der Waals surface area contributed by atoms with E-state index < -0.39 is 11.0 Å². The molecule has 1 amide bonds. The van der Waals surface area contributed by atoms with Crippen molar-refractivity contribution < 1.29 is 14.5 Å². The number of nitrogens with one attached hydrogen (secondary N) is 1. The van der Waals surface area contributed by atoms with Gasteiger partial charge in [0.1, 0.15) is 11.4 Å². The van der Waals surface area contributed by atoms with Crippen molar-refractivity contribution in [2.45, 2.75) is 25.9 Å². The average Bonchev–Trinajstić information content (AvgIpc) is 2.54. The van der Waals surface area contributed by atoms with Gasteiger partial charge in [-0.05, 0) is 37.5 Å². The minimum absolute atomic E-state index is 0.132. The minimum Gasteiger partial charge on any atom is -0.480 e. The number of fused-ring (bicyclic) bond motifs is 1. The number of carbonyl (C=O) groups excluding carboxylic acids is 1. The van der Waals surface area contributed by atoms with E-state index in [2.05, 4.69) is 5.32 Å². The van der Waals surface area contributed by atoms with Crippen LogP contribution < -0.4 is 10.1 Å². The molecule has 0 saturated carbocycles. The molecule has 0 bridgehead atoms. The normalized spacial score (nSPS) is 16.1. The van der Waals surface area contributed by atoms with Gasteiger partial charge < -0.3 is 10.1 Å². The number of anilines is 1. The molecule has 2 aromatic carbocycles. The molecule has 1 unspecified atom stereocenters. The highest BCUT2D eigenvalue weighted by atomic mass is 16.6. The van der Waals surface area contributed by atoms with E-state index >= 15 is 0 Å². The van der Waals surface area contributed by atoms with E-state index in [1.165, 1.54) is 12.1 Å². The molecule has 0 spiro atoms. The van der Waals surface area contributed by atoms with Crippen LogP contribution in [0.2, 0.25) is 0 Å². The molecule has 1 N–H and O–H groups in total. The topological polar surface area (TPSA) is 81.5 Å². The summed E-state index contributed by atoms with van der Waals surface area (Å²) in [7, 11) is 0. The van der Waals surface area contributed by atoms with Gasteiger partial charge in [-0.25, -0.2) is 0 Å². The van der Waals surface area contributed by atoms with E-state index in [0.717, 1.165) is 17.5 Å². The number of para-hydroxylation sites is 2. The third-order valence-corrected chi connectivity index (χ3v) is 3.81. The van der Waals surface area contributed by atoms with Gasteiger partial charge in [-0.2, -0.15) is 0 Å². The fraction of sp³-hybridized carbons (Fsp3) is 0.235. The summed E-state index contributed by atoms with van der Waals surface area (Å²) in [5.41, 5.74) is 2.28. The molecule has 3 rings (SSSR count). The van der Waals surface area contributed by atoms with E-state index in [4.69, 9.17) is 4.74 Å². The monoisotopic (exact) mass is 312 g/mol. The van der Waals surface area contributed by atoms with Gasteiger partial charge >= 0.3 is 0 Å². The molecule has 1 atom stereocenters. The lowest BCUT2D eigenvalue weighted by Crippen LogP contribution is -2.36. The third-order valence-electron chi connectivity index (χ3n) is 3.81. The lowest BCUT2D eigenvalue weighted by Gasteiger charge is -2.25. The van der Waals surface area contributed by atoms with Crippen LogP contribution in [0.3, 0.4) is 0 Å². The SMILES string of the molecule is Cc1ccc2c(c1)CCC(C(=O)Nc1ccccc1[N+](=O)[O-])O2. The van der Waals surface area contributed by atoms with E-state index in [9.17, 15) is 14.9 Å². The van der Waals surface area contributed by atoms with Crippen LogP contribution in [0.1, 0.15) is 17.5 Å². The molecule has 23 heavy (non-hydrogen) atoms. The molecule has 0 radical (unpaired) electrons.